The summed E-state index contributed by atoms with van der Waals surface area (Å²) in [6, 6.07) is 20.2. The third-order valence-electron chi connectivity index (χ3n) is 3.59. The van der Waals surface area contributed by atoms with E-state index in [2.05, 4.69) is 4.98 Å². The van der Waals surface area contributed by atoms with E-state index in [1.165, 1.54) is 24.4 Å². The third-order valence-corrected chi connectivity index (χ3v) is 5.27. The zero-order valence-corrected chi connectivity index (χ0v) is 13.6. The molecule has 0 fully saturated rings. The van der Waals surface area contributed by atoms with Crippen LogP contribution in [-0.2, 0) is 16.3 Å². The standard InChI is InChI=1S/C19H15NO3S/c21-18(16-7-3-1-4-8-16)13-15-11-12-19(20-14-15)24(22,23)17-9-5-2-6-10-17/h1-12,14H,13H2. The van der Waals surface area contributed by atoms with Crippen LogP contribution in [0, 0.1) is 0 Å². The van der Waals surface area contributed by atoms with E-state index >= 15 is 0 Å². The number of rotatable bonds is 5. The van der Waals surface area contributed by atoms with Gasteiger partial charge in [-0.05, 0) is 23.8 Å². The molecule has 1 heterocycles. The molecule has 0 aliphatic carbocycles. The minimum atomic E-state index is -3.63. The molecule has 0 saturated heterocycles. The van der Waals surface area contributed by atoms with E-state index in [-0.39, 0.29) is 22.1 Å². The van der Waals surface area contributed by atoms with Gasteiger partial charge in [-0.15, -0.1) is 0 Å². The molecule has 0 unspecified atom stereocenters. The minimum absolute atomic E-state index is 0.0235. The minimum Gasteiger partial charge on any atom is -0.294 e. The normalized spacial score (nSPS) is 11.2. The van der Waals surface area contributed by atoms with Crippen LogP contribution in [0.1, 0.15) is 15.9 Å². The maximum Gasteiger partial charge on any atom is 0.223 e. The van der Waals surface area contributed by atoms with Crippen LogP contribution < -0.4 is 0 Å². The highest BCUT2D eigenvalue weighted by Gasteiger charge is 2.18. The molecule has 0 spiro atoms. The number of ketones is 1. The molecule has 120 valence electrons. The number of hydrogen-bond acceptors (Lipinski definition) is 4. The van der Waals surface area contributed by atoms with Gasteiger partial charge < -0.3 is 0 Å². The van der Waals surface area contributed by atoms with Crippen molar-refractivity contribution >= 4 is 15.6 Å². The summed E-state index contributed by atoms with van der Waals surface area (Å²) in [5.41, 5.74) is 1.30. The van der Waals surface area contributed by atoms with E-state index in [9.17, 15) is 13.2 Å². The Morgan fingerprint density at radius 2 is 1.46 bits per heavy atom. The van der Waals surface area contributed by atoms with Crippen molar-refractivity contribution in [2.45, 2.75) is 16.3 Å². The lowest BCUT2D eigenvalue weighted by atomic mass is 10.0. The van der Waals surface area contributed by atoms with Gasteiger partial charge in [0.25, 0.3) is 0 Å². The summed E-state index contributed by atoms with van der Waals surface area (Å²) in [6.45, 7) is 0. The topological polar surface area (TPSA) is 64.1 Å². The molecule has 4 nitrogen and oxygen atoms in total. The number of Topliss-reactive ketones (excluding diaryl/α,β-unsaturated/α-hetero) is 1. The summed E-state index contributed by atoms with van der Waals surface area (Å²) in [5, 5.41) is -0.0235. The van der Waals surface area contributed by atoms with Crippen LogP contribution in [0.4, 0.5) is 0 Å². The molecule has 24 heavy (non-hydrogen) atoms. The summed E-state index contributed by atoms with van der Waals surface area (Å²) < 4.78 is 24.9. The Bertz CT molecular complexity index is 935. The Kier molecular flexibility index (Phi) is 4.53. The maximum absolute atomic E-state index is 12.5. The lowest BCUT2D eigenvalue weighted by molar-refractivity contribution is 0.0993. The monoisotopic (exact) mass is 337 g/mol. The Labute approximate surface area is 140 Å². The number of pyridine rings is 1. The molecule has 0 amide bonds. The third kappa shape index (κ3) is 3.41. The summed E-state index contributed by atoms with van der Waals surface area (Å²) in [7, 11) is -3.63. The molecule has 3 aromatic rings. The largest absolute Gasteiger partial charge is 0.294 e. The van der Waals surface area contributed by atoms with Crippen LogP contribution in [0.3, 0.4) is 0 Å². The second kappa shape index (κ2) is 6.76. The molecule has 0 atom stereocenters. The summed E-state index contributed by atoms with van der Waals surface area (Å²) >= 11 is 0. The Morgan fingerprint density at radius 1 is 0.833 bits per heavy atom. The van der Waals surface area contributed by atoms with Gasteiger partial charge in [0.2, 0.25) is 9.84 Å². The highest BCUT2D eigenvalue weighted by molar-refractivity contribution is 7.91. The summed E-state index contributed by atoms with van der Waals surface area (Å²) in [6.07, 6.45) is 1.62. The van der Waals surface area contributed by atoms with Crippen LogP contribution in [-0.4, -0.2) is 19.2 Å². The van der Waals surface area contributed by atoms with Crippen molar-refractivity contribution < 1.29 is 13.2 Å². The van der Waals surface area contributed by atoms with Crippen molar-refractivity contribution in [1.82, 2.24) is 4.98 Å². The van der Waals surface area contributed by atoms with Gasteiger partial charge in [0.15, 0.2) is 10.8 Å². The first-order valence-electron chi connectivity index (χ1n) is 7.41. The molecule has 1 aromatic heterocycles. The van der Waals surface area contributed by atoms with E-state index in [0.717, 1.165) is 0 Å². The first-order chi connectivity index (χ1) is 11.6. The molecule has 0 aliphatic rings. The molecule has 0 N–H and O–H groups in total. The maximum atomic E-state index is 12.5. The number of carbonyl (C=O) groups excluding carboxylic acids is 1. The molecular formula is C19H15NO3S. The lowest BCUT2D eigenvalue weighted by Crippen LogP contribution is -2.07. The highest BCUT2D eigenvalue weighted by Crippen LogP contribution is 2.19. The lowest BCUT2D eigenvalue weighted by Gasteiger charge is -2.05. The average molecular weight is 337 g/mol. The van der Waals surface area contributed by atoms with Crippen LogP contribution in [0.5, 0.6) is 0 Å². The summed E-state index contributed by atoms with van der Waals surface area (Å²) in [4.78, 5) is 16.4. The predicted molar refractivity (Wildman–Crippen MR) is 90.6 cm³/mol. The first-order valence-corrected chi connectivity index (χ1v) is 8.89. The van der Waals surface area contributed by atoms with Gasteiger partial charge >= 0.3 is 0 Å². The molecular weight excluding hydrogens is 322 g/mol. The smallest absolute Gasteiger partial charge is 0.223 e. The van der Waals surface area contributed by atoms with E-state index in [1.807, 2.05) is 6.07 Å². The Balaban J connectivity index is 1.80. The second-order valence-electron chi connectivity index (χ2n) is 5.29. The number of hydrogen-bond donors (Lipinski definition) is 0. The van der Waals surface area contributed by atoms with E-state index < -0.39 is 9.84 Å². The highest BCUT2D eigenvalue weighted by atomic mass is 32.2. The van der Waals surface area contributed by atoms with Crippen molar-refractivity contribution in [3.63, 3.8) is 0 Å². The van der Waals surface area contributed by atoms with Crippen LogP contribution >= 0.6 is 0 Å². The van der Waals surface area contributed by atoms with E-state index in [1.54, 1.807) is 48.5 Å². The van der Waals surface area contributed by atoms with Crippen molar-refractivity contribution in [1.29, 1.82) is 0 Å². The van der Waals surface area contributed by atoms with E-state index in [4.69, 9.17) is 0 Å². The molecule has 0 saturated carbocycles. The average Bonchev–Trinajstić information content (AvgIpc) is 2.63. The first kappa shape index (κ1) is 16.1. The summed E-state index contributed by atoms with van der Waals surface area (Å²) in [5.74, 6) is -0.0314. The number of aromatic nitrogens is 1. The van der Waals surface area contributed by atoms with Gasteiger partial charge in [0.1, 0.15) is 0 Å². The quantitative estimate of drug-likeness (QED) is 0.670. The fourth-order valence-electron chi connectivity index (χ4n) is 2.31. The predicted octanol–water partition coefficient (Wildman–Crippen LogP) is 3.34. The Hall–Kier alpha value is -2.79. The number of nitrogens with zero attached hydrogens (tertiary/aromatic N) is 1. The number of carbonyl (C=O) groups is 1. The van der Waals surface area contributed by atoms with Gasteiger partial charge in [-0.3, -0.25) is 4.79 Å². The second-order valence-corrected chi connectivity index (χ2v) is 7.18. The zero-order valence-electron chi connectivity index (χ0n) is 12.8. The fraction of sp³-hybridized carbons (Fsp3) is 0.0526. The SMILES string of the molecule is O=C(Cc1ccc(S(=O)(=O)c2ccccc2)nc1)c1ccccc1. The van der Waals surface area contributed by atoms with Gasteiger partial charge in [0, 0.05) is 18.2 Å². The molecule has 0 radical (unpaired) electrons. The zero-order chi connectivity index (χ0) is 17.0. The van der Waals surface area contributed by atoms with Gasteiger partial charge in [-0.1, -0.05) is 54.6 Å². The number of benzene rings is 2. The van der Waals surface area contributed by atoms with Crippen LogP contribution in [0.2, 0.25) is 0 Å². The fourth-order valence-corrected chi connectivity index (χ4v) is 3.50. The van der Waals surface area contributed by atoms with Gasteiger partial charge in [-0.2, -0.15) is 0 Å². The van der Waals surface area contributed by atoms with E-state index in [0.29, 0.717) is 11.1 Å². The van der Waals surface area contributed by atoms with Crippen molar-refractivity contribution in [2.24, 2.45) is 0 Å². The Morgan fingerprint density at radius 3 is 2.04 bits per heavy atom. The van der Waals surface area contributed by atoms with Crippen LogP contribution in [0.15, 0.2) is 88.9 Å². The molecule has 3 rings (SSSR count). The molecule has 2 aromatic carbocycles. The molecule has 0 bridgehead atoms. The van der Waals surface area contributed by atoms with Crippen molar-refractivity contribution in [3.05, 3.63) is 90.1 Å². The van der Waals surface area contributed by atoms with Gasteiger partial charge in [-0.25, -0.2) is 13.4 Å². The van der Waals surface area contributed by atoms with Crippen LogP contribution in [0.25, 0.3) is 0 Å². The molecule has 5 heteroatoms. The van der Waals surface area contributed by atoms with Gasteiger partial charge in [0.05, 0.1) is 4.90 Å². The number of sulfone groups is 1. The molecule has 0 aliphatic heterocycles. The van der Waals surface area contributed by atoms with Crippen molar-refractivity contribution in [3.8, 4) is 0 Å². The van der Waals surface area contributed by atoms with Crippen molar-refractivity contribution in [2.75, 3.05) is 0 Å².